The van der Waals surface area contributed by atoms with Gasteiger partial charge in [0, 0.05) is 16.1 Å². The maximum Gasteiger partial charge on any atom is 0.142 e. The largest absolute Gasteiger partial charge is 0.495 e. The van der Waals surface area contributed by atoms with E-state index in [1.54, 1.807) is 13.2 Å². The van der Waals surface area contributed by atoms with Gasteiger partial charge in [0.2, 0.25) is 0 Å². The molecule has 0 bridgehead atoms. The summed E-state index contributed by atoms with van der Waals surface area (Å²) in [5.41, 5.74) is 6.86. The van der Waals surface area contributed by atoms with Crippen molar-refractivity contribution in [2.75, 3.05) is 7.11 Å². The van der Waals surface area contributed by atoms with Crippen molar-refractivity contribution in [3.63, 3.8) is 0 Å². The summed E-state index contributed by atoms with van der Waals surface area (Å²) < 4.78 is 5.28. The van der Waals surface area contributed by atoms with Crippen molar-refractivity contribution in [3.8, 4) is 5.75 Å². The average Bonchev–Trinajstić information content (AvgIpc) is 2.13. The number of hydrogen-bond donors (Lipinski definition) is 1. The van der Waals surface area contributed by atoms with E-state index in [4.69, 9.17) is 33.7 Å². The Morgan fingerprint density at radius 2 is 2.00 bits per heavy atom. The van der Waals surface area contributed by atoms with Crippen LogP contribution in [0.5, 0.6) is 5.75 Å². The quantitative estimate of drug-likeness (QED) is 0.868. The van der Waals surface area contributed by atoms with Crippen molar-refractivity contribution in [3.05, 3.63) is 27.7 Å². The minimum atomic E-state index is -0.306. The molecule has 0 radical (unpaired) electrons. The molecule has 2 N–H and O–H groups in total. The van der Waals surface area contributed by atoms with Crippen molar-refractivity contribution >= 4 is 23.2 Å². The summed E-state index contributed by atoms with van der Waals surface area (Å²) in [7, 11) is 1.60. The fourth-order valence-electron chi connectivity index (χ4n) is 1.96. The van der Waals surface area contributed by atoms with Gasteiger partial charge < -0.3 is 10.5 Å². The highest BCUT2D eigenvalue weighted by molar-refractivity contribution is 6.35. The molecule has 0 spiro atoms. The minimum absolute atomic E-state index is 0.306. The van der Waals surface area contributed by atoms with Gasteiger partial charge >= 0.3 is 0 Å². The number of ether oxygens (including phenoxy) is 1. The third-order valence-electron chi connectivity index (χ3n) is 2.99. The lowest BCUT2D eigenvalue weighted by Crippen LogP contribution is -2.43. The molecule has 82 valence electrons. The highest BCUT2D eigenvalue weighted by atomic mass is 35.5. The smallest absolute Gasteiger partial charge is 0.142 e. The molecule has 15 heavy (non-hydrogen) atoms. The van der Waals surface area contributed by atoms with Crippen LogP contribution in [0.4, 0.5) is 0 Å². The predicted molar refractivity (Wildman–Crippen MR) is 62.7 cm³/mol. The van der Waals surface area contributed by atoms with Crippen LogP contribution in [0.15, 0.2) is 12.1 Å². The van der Waals surface area contributed by atoms with Gasteiger partial charge in [-0.25, -0.2) is 0 Å². The maximum absolute atomic E-state index is 6.24. The molecule has 0 atom stereocenters. The van der Waals surface area contributed by atoms with E-state index in [1.807, 2.05) is 6.07 Å². The molecular formula is C11H13Cl2NO. The first-order chi connectivity index (χ1) is 7.07. The molecule has 1 saturated carbocycles. The SMILES string of the molecule is COc1c(Cl)cc(Cl)cc1C1(N)CCC1. The van der Waals surface area contributed by atoms with E-state index in [0.717, 1.165) is 24.8 Å². The van der Waals surface area contributed by atoms with Crippen molar-refractivity contribution in [2.24, 2.45) is 5.73 Å². The molecule has 0 amide bonds. The van der Waals surface area contributed by atoms with Crippen LogP contribution in [0.25, 0.3) is 0 Å². The van der Waals surface area contributed by atoms with Gasteiger partial charge in [-0.15, -0.1) is 0 Å². The number of halogens is 2. The fraction of sp³-hybridized carbons (Fsp3) is 0.455. The Hall–Kier alpha value is -0.440. The van der Waals surface area contributed by atoms with E-state index >= 15 is 0 Å². The Labute approximate surface area is 99.3 Å². The summed E-state index contributed by atoms with van der Waals surface area (Å²) >= 11 is 12.0. The summed E-state index contributed by atoms with van der Waals surface area (Å²) in [5.74, 6) is 0.656. The van der Waals surface area contributed by atoms with Gasteiger partial charge in [-0.2, -0.15) is 0 Å². The van der Waals surface area contributed by atoms with E-state index < -0.39 is 0 Å². The first-order valence-corrected chi connectivity index (χ1v) is 5.65. The molecule has 0 saturated heterocycles. The van der Waals surface area contributed by atoms with E-state index in [9.17, 15) is 0 Å². The zero-order valence-corrected chi connectivity index (χ0v) is 10.0. The Morgan fingerprint density at radius 1 is 1.33 bits per heavy atom. The molecule has 1 aliphatic rings. The first-order valence-electron chi connectivity index (χ1n) is 4.89. The summed E-state index contributed by atoms with van der Waals surface area (Å²) in [4.78, 5) is 0. The van der Waals surface area contributed by atoms with Gasteiger partial charge in [0.05, 0.1) is 12.1 Å². The molecule has 1 aromatic carbocycles. The lowest BCUT2D eigenvalue weighted by molar-refractivity contribution is 0.244. The van der Waals surface area contributed by atoms with Gasteiger partial charge in [-0.05, 0) is 31.4 Å². The van der Waals surface area contributed by atoms with E-state index in [2.05, 4.69) is 0 Å². The van der Waals surface area contributed by atoms with Crippen molar-refractivity contribution in [1.82, 2.24) is 0 Å². The third-order valence-corrected chi connectivity index (χ3v) is 3.49. The van der Waals surface area contributed by atoms with E-state index in [-0.39, 0.29) is 5.54 Å². The van der Waals surface area contributed by atoms with E-state index in [1.165, 1.54) is 0 Å². The Bertz CT molecular complexity index is 388. The number of hydrogen-bond acceptors (Lipinski definition) is 2. The molecule has 1 fully saturated rings. The van der Waals surface area contributed by atoms with Crippen molar-refractivity contribution in [2.45, 2.75) is 24.8 Å². The lowest BCUT2D eigenvalue weighted by Gasteiger charge is -2.39. The summed E-state index contributed by atoms with van der Waals surface area (Å²) in [6, 6.07) is 3.53. The fourth-order valence-corrected chi connectivity index (χ4v) is 2.54. The van der Waals surface area contributed by atoms with Crippen LogP contribution in [-0.2, 0) is 5.54 Å². The van der Waals surface area contributed by atoms with E-state index in [0.29, 0.717) is 15.8 Å². The first kappa shape index (κ1) is 11.1. The minimum Gasteiger partial charge on any atom is -0.495 e. The standard InChI is InChI=1S/C11H13Cl2NO/c1-15-10-8(11(14)3-2-4-11)5-7(12)6-9(10)13/h5-6H,2-4,14H2,1H3. The zero-order valence-electron chi connectivity index (χ0n) is 8.52. The highest BCUT2D eigenvalue weighted by Gasteiger charge is 2.37. The molecule has 0 aliphatic heterocycles. The Kier molecular flexibility index (Phi) is 2.84. The van der Waals surface area contributed by atoms with Crippen LogP contribution >= 0.6 is 23.2 Å². The van der Waals surface area contributed by atoms with Crippen LogP contribution in [0.2, 0.25) is 10.0 Å². The number of methoxy groups -OCH3 is 1. The van der Waals surface area contributed by atoms with Crippen LogP contribution in [0.3, 0.4) is 0 Å². The topological polar surface area (TPSA) is 35.2 Å². The predicted octanol–water partition coefficient (Wildman–Crippen LogP) is 3.34. The Balaban J connectivity index is 2.53. The molecule has 0 heterocycles. The molecular weight excluding hydrogens is 233 g/mol. The molecule has 4 heteroatoms. The van der Waals surface area contributed by atoms with Crippen molar-refractivity contribution < 1.29 is 4.74 Å². The van der Waals surface area contributed by atoms with Gasteiger partial charge in [-0.3, -0.25) is 0 Å². The summed E-state index contributed by atoms with van der Waals surface area (Å²) in [5, 5.41) is 1.13. The van der Waals surface area contributed by atoms with Gasteiger partial charge in [0.25, 0.3) is 0 Å². The highest BCUT2D eigenvalue weighted by Crippen LogP contribution is 2.46. The van der Waals surface area contributed by atoms with Gasteiger partial charge in [0.15, 0.2) is 0 Å². The molecule has 2 nitrogen and oxygen atoms in total. The molecule has 0 aromatic heterocycles. The number of rotatable bonds is 2. The average molecular weight is 246 g/mol. The molecule has 2 rings (SSSR count). The van der Waals surface area contributed by atoms with Crippen molar-refractivity contribution in [1.29, 1.82) is 0 Å². The van der Waals surface area contributed by atoms with Crippen LogP contribution in [0, 0.1) is 0 Å². The third kappa shape index (κ3) is 1.82. The molecule has 1 aromatic rings. The molecule has 1 aliphatic carbocycles. The van der Waals surface area contributed by atoms with Crippen LogP contribution in [-0.4, -0.2) is 7.11 Å². The van der Waals surface area contributed by atoms with Crippen LogP contribution in [0.1, 0.15) is 24.8 Å². The maximum atomic E-state index is 6.24. The summed E-state index contributed by atoms with van der Waals surface area (Å²) in [6.45, 7) is 0. The van der Waals surface area contributed by atoms with Gasteiger partial charge in [0.1, 0.15) is 5.75 Å². The zero-order chi connectivity index (χ0) is 11.1. The monoisotopic (exact) mass is 245 g/mol. The van der Waals surface area contributed by atoms with Gasteiger partial charge in [-0.1, -0.05) is 23.2 Å². The second kappa shape index (κ2) is 3.85. The normalized spacial score (nSPS) is 18.4. The second-order valence-electron chi connectivity index (χ2n) is 3.98. The second-order valence-corrected chi connectivity index (χ2v) is 4.82. The molecule has 0 unspecified atom stereocenters. The summed E-state index contributed by atoms with van der Waals surface area (Å²) in [6.07, 6.45) is 3.06. The number of nitrogens with two attached hydrogens (primary N) is 1. The lowest BCUT2D eigenvalue weighted by atomic mass is 9.72. The van der Waals surface area contributed by atoms with Crippen LogP contribution < -0.4 is 10.5 Å². The Morgan fingerprint density at radius 3 is 2.47 bits per heavy atom. The number of benzene rings is 1.